The topological polar surface area (TPSA) is 46.3 Å². The fraction of sp³-hybridized carbons (Fsp3) is 0.381. The molecule has 3 heteroatoms. The molecule has 0 aliphatic rings. The van der Waals surface area contributed by atoms with Crippen molar-refractivity contribution in [2.45, 2.75) is 40.5 Å². The lowest BCUT2D eigenvalue weighted by molar-refractivity contribution is -0.117. The van der Waals surface area contributed by atoms with Crippen LogP contribution in [0.1, 0.15) is 41.7 Å². The van der Waals surface area contributed by atoms with Gasteiger partial charge in [-0.3, -0.25) is 4.79 Å². The Balaban J connectivity index is 2.52. The van der Waals surface area contributed by atoms with Gasteiger partial charge < -0.3 is 10.6 Å². The van der Waals surface area contributed by atoms with Crippen molar-refractivity contribution < 1.29 is 4.79 Å². The van der Waals surface area contributed by atoms with Gasteiger partial charge in [0.05, 0.1) is 6.54 Å². The summed E-state index contributed by atoms with van der Waals surface area (Å²) in [7, 11) is 0. The first-order valence-corrected chi connectivity index (χ1v) is 8.69. The maximum Gasteiger partial charge on any atom is 0.240 e. The van der Waals surface area contributed by atoms with Crippen molar-refractivity contribution in [1.29, 1.82) is 0 Å². The van der Waals surface area contributed by atoms with Crippen LogP contribution in [0.15, 0.2) is 36.4 Å². The number of amides is 1. The fourth-order valence-electron chi connectivity index (χ4n) is 3.55. The highest BCUT2D eigenvalue weighted by Crippen LogP contribution is 2.32. The molecule has 3 nitrogen and oxygen atoms in total. The van der Waals surface area contributed by atoms with Crippen LogP contribution >= 0.6 is 0 Å². The average Bonchev–Trinajstić information content (AvgIpc) is 2.59. The lowest BCUT2D eigenvalue weighted by Gasteiger charge is -2.27. The van der Waals surface area contributed by atoms with Crippen molar-refractivity contribution >= 4 is 11.6 Å². The first-order chi connectivity index (χ1) is 11.5. The summed E-state index contributed by atoms with van der Waals surface area (Å²) in [4.78, 5) is 14.0. The summed E-state index contributed by atoms with van der Waals surface area (Å²) in [5.74, 6) is -0.0263. The van der Waals surface area contributed by atoms with E-state index in [1.807, 2.05) is 17.9 Å². The van der Waals surface area contributed by atoms with Crippen molar-refractivity contribution in [1.82, 2.24) is 0 Å². The maximum absolute atomic E-state index is 12.2. The van der Waals surface area contributed by atoms with Crippen LogP contribution in [0, 0.1) is 13.8 Å². The number of aryl methyl sites for hydroxylation is 1. The maximum atomic E-state index is 12.2. The highest BCUT2D eigenvalue weighted by molar-refractivity contribution is 5.96. The van der Waals surface area contributed by atoms with E-state index in [4.69, 9.17) is 5.73 Å². The monoisotopic (exact) mass is 324 g/mol. The van der Waals surface area contributed by atoms with Crippen LogP contribution in [0.4, 0.5) is 5.69 Å². The third-order valence-electron chi connectivity index (χ3n) is 4.61. The van der Waals surface area contributed by atoms with Gasteiger partial charge in [0.25, 0.3) is 0 Å². The molecule has 2 aromatic rings. The van der Waals surface area contributed by atoms with E-state index in [-0.39, 0.29) is 12.5 Å². The zero-order valence-corrected chi connectivity index (χ0v) is 15.2. The van der Waals surface area contributed by atoms with Gasteiger partial charge in [0.1, 0.15) is 0 Å². The first-order valence-electron chi connectivity index (χ1n) is 8.69. The molecule has 0 spiro atoms. The summed E-state index contributed by atoms with van der Waals surface area (Å²) in [5, 5.41) is 0. The van der Waals surface area contributed by atoms with E-state index in [0.717, 1.165) is 24.1 Å². The van der Waals surface area contributed by atoms with Crippen LogP contribution in [-0.2, 0) is 17.6 Å². The molecule has 0 aliphatic carbocycles. The van der Waals surface area contributed by atoms with E-state index in [1.54, 1.807) is 0 Å². The second-order valence-electron chi connectivity index (χ2n) is 6.16. The largest absolute Gasteiger partial charge is 0.322 e. The Bertz CT molecular complexity index is 708. The van der Waals surface area contributed by atoms with Crippen LogP contribution < -0.4 is 10.6 Å². The molecule has 2 aromatic carbocycles. The fourth-order valence-corrected chi connectivity index (χ4v) is 3.55. The van der Waals surface area contributed by atoms with E-state index < -0.39 is 0 Å². The van der Waals surface area contributed by atoms with Gasteiger partial charge in [-0.15, -0.1) is 0 Å². The van der Waals surface area contributed by atoms with Gasteiger partial charge in [0.2, 0.25) is 5.91 Å². The normalized spacial score (nSPS) is 10.7. The highest BCUT2D eigenvalue weighted by Gasteiger charge is 2.20. The minimum absolute atomic E-state index is 0.0263. The zero-order valence-electron chi connectivity index (χ0n) is 15.2. The first kappa shape index (κ1) is 18.2. The third kappa shape index (κ3) is 3.68. The molecule has 2 rings (SSSR count). The summed E-state index contributed by atoms with van der Waals surface area (Å²) in [6, 6.07) is 12.8. The smallest absolute Gasteiger partial charge is 0.240 e. The molecule has 1 amide bonds. The molecule has 128 valence electrons. The van der Waals surface area contributed by atoms with Gasteiger partial charge in [-0.1, -0.05) is 43.3 Å². The third-order valence-corrected chi connectivity index (χ3v) is 4.61. The lowest BCUT2D eigenvalue weighted by atomic mass is 9.90. The summed E-state index contributed by atoms with van der Waals surface area (Å²) < 4.78 is 0. The molecule has 0 saturated heterocycles. The van der Waals surface area contributed by atoms with E-state index in [1.165, 1.54) is 22.3 Å². The molecule has 24 heavy (non-hydrogen) atoms. The van der Waals surface area contributed by atoms with Crippen molar-refractivity contribution in [3.8, 4) is 0 Å². The van der Waals surface area contributed by atoms with Gasteiger partial charge in [-0.2, -0.15) is 0 Å². The molecule has 0 aliphatic heterocycles. The van der Waals surface area contributed by atoms with Crippen LogP contribution in [0.2, 0.25) is 0 Å². The lowest BCUT2D eigenvalue weighted by Crippen LogP contribution is -2.37. The van der Waals surface area contributed by atoms with Gasteiger partial charge in [-0.05, 0) is 61.4 Å². The molecule has 0 saturated carbocycles. The summed E-state index contributed by atoms with van der Waals surface area (Å²) in [5.41, 5.74) is 13.0. The van der Waals surface area contributed by atoms with Crippen molar-refractivity contribution in [2.24, 2.45) is 5.73 Å². The van der Waals surface area contributed by atoms with Crippen LogP contribution in [0.5, 0.6) is 0 Å². The molecule has 0 radical (unpaired) electrons. The number of anilines is 1. The molecular formula is C21H28N2O. The number of hydrogen-bond acceptors (Lipinski definition) is 2. The summed E-state index contributed by atoms with van der Waals surface area (Å²) in [6.07, 6.45) is 1.87. The Morgan fingerprint density at radius 2 is 1.79 bits per heavy atom. The van der Waals surface area contributed by atoms with Gasteiger partial charge >= 0.3 is 0 Å². The number of rotatable bonds is 6. The SMILES string of the molecule is CCc1c(Cc2ccccc2)cc(C)c(N(CC)C(=O)CN)c1C. The Hall–Kier alpha value is -2.13. The number of carbonyl (C=O) groups is 1. The average molecular weight is 324 g/mol. The second kappa shape index (κ2) is 8.11. The number of nitrogens with two attached hydrogens (primary N) is 1. The number of benzene rings is 2. The molecule has 0 aromatic heterocycles. The number of hydrogen-bond donors (Lipinski definition) is 1. The minimum atomic E-state index is -0.0263. The molecule has 2 N–H and O–H groups in total. The molecule has 0 unspecified atom stereocenters. The van der Waals surface area contributed by atoms with E-state index in [9.17, 15) is 4.79 Å². The molecule has 0 atom stereocenters. The molecular weight excluding hydrogens is 296 g/mol. The Morgan fingerprint density at radius 3 is 2.33 bits per heavy atom. The Kier molecular flexibility index (Phi) is 6.16. The quantitative estimate of drug-likeness (QED) is 0.879. The van der Waals surface area contributed by atoms with E-state index in [0.29, 0.717) is 6.54 Å². The number of carbonyl (C=O) groups excluding carboxylic acids is 1. The zero-order chi connectivity index (χ0) is 17.7. The summed E-state index contributed by atoms with van der Waals surface area (Å²) >= 11 is 0. The van der Waals surface area contributed by atoms with Crippen LogP contribution in [0.25, 0.3) is 0 Å². The molecule has 0 heterocycles. The van der Waals surface area contributed by atoms with Crippen molar-refractivity contribution in [3.63, 3.8) is 0 Å². The van der Waals surface area contributed by atoms with Gasteiger partial charge in [0, 0.05) is 12.2 Å². The Labute approximate surface area is 145 Å². The van der Waals surface area contributed by atoms with Crippen molar-refractivity contribution in [2.75, 3.05) is 18.0 Å². The van der Waals surface area contributed by atoms with Crippen molar-refractivity contribution in [3.05, 3.63) is 64.2 Å². The highest BCUT2D eigenvalue weighted by atomic mass is 16.2. The Morgan fingerprint density at radius 1 is 1.12 bits per heavy atom. The van der Waals surface area contributed by atoms with Gasteiger partial charge in [-0.25, -0.2) is 0 Å². The van der Waals surface area contributed by atoms with Gasteiger partial charge in [0.15, 0.2) is 0 Å². The van der Waals surface area contributed by atoms with Crippen LogP contribution in [0.3, 0.4) is 0 Å². The van der Waals surface area contributed by atoms with Crippen LogP contribution in [-0.4, -0.2) is 19.0 Å². The molecule has 0 fully saturated rings. The number of likely N-dealkylation sites (N-methyl/N-ethyl adjacent to an activating group) is 1. The van der Waals surface area contributed by atoms with E-state index >= 15 is 0 Å². The standard InChI is InChI=1S/C21H28N2O/c1-5-19-16(4)21(23(6-2)20(24)14-22)15(3)12-18(19)13-17-10-8-7-9-11-17/h7-12H,5-6,13-14,22H2,1-4H3. The predicted octanol–water partition coefficient (Wildman–Crippen LogP) is 3.77. The number of nitrogens with zero attached hydrogens (tertiary/aromatic N) is 1. The van der Waals surface area contributed by atoms with E-state index in [2.05, 4.69) is 51.1 Å². The second-order valence-corrected chi connectivity index (χ2v) is 6.16. The molecule has 0 bridgehead atoms. The predicted molar refractivity (Wildman–Crippen MR) is 102 cm³/mol. The minimum Gasteiger partial charge on any atom is -0.322 e. The summed E-state index contributed by atoms with van der Waals surface area (Å²) in [6.45, 7) is 9.07.